The summed E-state index contributed by atoms with van der Waals surface area (Å²) in [4.78, 5) is 72.2. The molecule has 2 bridgehead atoms. The van der Waals surface area contributed by atoms with Crippen molar-refractivity contribution in [1.82, 2.24) is 4.90 Å². The maximum atomic E-state index is 14.5. The third-order valence-corrected chi connectivity index (χ3v) is 15.0. The minimum absolute atomic E-state index is 0.0147. The van der Waals surface area contributed by atoms with Crippen molar-refractivity contribution in [2.24, 2.45) is 35.5 Å². The van der Waals surface area contributed by atoms with Gasteiger partial charge in [0.15, 0.2) is 5.78 Å². The Hall–Kier alpha value is -3.37. The molecule has 0 aromatic rings. The summed E-state index contributed by atoms with van der Waals surface area (Å²) in [5, 5.41) is 23.5. The second-order valence-electron chi connectivity index (χ2n) is 20.4. The van der Waals surface area contributed by atoms with Crippen LogP contribution in [-0.4, -0.2) is 133 Å². The summed E-state index contributed by atoms with van der Waals surface area (Å²) < 4.78 is 35.9. The van der Waals surface area contributed by atoms with Crippen LogP contribution in [0.4, 0.5) is 0 Å². The summed E-state index contributed by atoms with van der Waals surface area (Å²) in [6.07, 6.45) is 13.7. The molecule has 4 unspecified atom stereocenters. The SMILES string of the molecule is CCCO[C@@H]1CC[C@@H](C[C@@H](C)[C@@H]2CC(=O)C(C)/C=C(\C)[C@@H](O)[C@@H](OC)C(=O)C(C)CC(C)/C=C/C=C/C=C(\C)C(OC)C[C@@H]3CC[C@@H](C)[C@@](O)(O3)C(=O)C(=O)N3CCCC[C@H]3C(=O)O2)C[C@H]1OC. The third kappa shape index (κ3) is 15.3. The van der Waals surface area contributed by atoms with E-state index in [-0.39, 0.29) is 60.9 Å². The Morgan fingerprint density at radius 1 is 0.853 bits per heavy atom. The van der Waals surface area contributed by atoms with Gasteiger partial charge >= 0.3 is 5.97 Å². The fourth-order valence-electron chi connectivity index (χ4n) is 10.6. The predicted octanol–water partition coefficient (Wildman–Crippen LogP) is 7.61. The van der Waals surface area contributed by atoms with Crippen LogP contribution in [0.25, 0.3) is 0 Å². The summed E-state index contributed by atoms with van der Waals surface area (Å²) in [6, 6.07) is -1.12. The molecule has 68 heavy (non-hydrogen) atoms. The van der Waals surface area contributed by atoms with Gasteiger partial charge in [-0.15, -0.1) is 0 Å². The Balaban J connectivity index is 1.70. The summed E-state index contributed by atoms with van der Waals surface area (Å²) >= 11 is 0. The number of amides is 1. The number of Topliss-reactive ketones (excluding diaryl/α,β-unsaturated/α-hetero) is 3. The van der Waals surface area contributed by atoms with Crippen molar-refractivity contribution >= 4 is 29.2 Å². The molecule has 2 saturated heterocycles. The molecule has 0 spiro atoms. The molecule has 1 aliphatic carbocycles. The number of aliphatic hydroxyl groups excluding tert-OH is 1. The second kappa shape index (κ2) is 27.3. The molecule has 15 atom stereocenters. The number of rotatable bonds is 9. The normalized spacial score (nSPS) is 39.2. The van der Waals surface area contributed by atoms with E-state index in [0.29, 0.717) is 57.1 Å². The Labute approximate surface area is 406 Å². The number of carbonyl (C=O) groups excluding carboxylic acids is 5. The molecule has 0 aromatic heterocycles. The van der Waals surface area contributed by atoms with Crippen LogP contribution in [0.2, 0.25) is 0 Å². The fourth-order valence-corrected chi connectivity index (χ4v) is 10.6. The molecule has 14 heteroatoms. The number of hydrogen-bond donors (Lipinski definition) is 2. The molecule has 3 fully saturated rings. The lowest BCUT2D eigenvalue weighted by atomic mass is 9.78. The van der Waals surface area contributed by atoms with Crippen molar-refractivity contribution in [2.45, 2.75) is 193 Å². The third-order valence-electron chi connectivity index (χ3n) is 15.0. The van der Waals surface area contributed by atoms with Crippen molar-refractivity contribution in [1.29, 1.82) is 0 Å². The molecule has 4 rings (SSSR count). The minimum atomic E-state index is -2.42. The number of carbonyl (C=O) groups is 5. The monoisotopic (exact) mass is 956 g/mol. The number of allylic oxidation sites excluding steroid dienone is 6. The van der Waals surface area contributed by atoms with Crippen molar-refractivity contribution < 1.29 is 62.6 Å². The number of fused-ring (bicyclic) bond motifs is 3. The first-order valence-electron chi connectivity index (χ1n) is 25.4. The molecular formula is C54H85NO13. The molecule has 384 valence electrons. The lowest BCUT2D eigenvalue weighted by molar-refractivity contribution is -0.265. The highest BCUT2D eigenvalue weighted by molar-refractivity contribution is 6.39. The zero-order valence-corrected chi connectivity index (χ0v) is 43.0. The quantitative estimate of drug-likeness (QED) is 0.131. The number of ketones is 3. The van der Waals surface area contributed by atoms with Gasteiger partial charge in [0.1, 0.15) is 30.1 Å². The Morgan fingerprint density at radius 3 is 2.26 bits per heavy atom. The second-order valence-corrected chi connectivity index (χ2v) is 20.4. The predicted molar refractivity (Wildman–Crippen MR) is 259 cm³/mol. The number of esters is 1. The summed E-state index contributed by atoms with van der Waals surface area (Å²) in [6.45, 7) is 15.6. The summed E-state index contributed by atoms with van der Waals surface area (Å²) in [7, 11) is 4.66. The first-order chi connectivity index (χ1) is 32.3. The van der Waals surface area contributed by atoms with Crippen LogP contribution in [0.1, 0.15) is 139 Å². The van der Waals surface area contributed by atoms with Gasteiger partial charge in [-0.3, -0.25) is 19.2 Å². The van der Waals surface area contributed by atoms with Gasteiger partial charge in [0, 0.05) is 65.1 Å². The highest BCUT2D eigenvalue weighted by atomic mass is 16.6. The highest BCUT2D eigenvalue weighted by Gasteiger charge is 2.53. The van der Waals surface area contributed by atoms with Crippen molar-refractivity contribution in [3.8, 4) is 0 Å². The molecule has 1 amide bonds. The standard InChI is InChI=1S/C54H85NO13/c1-12-26-66-44-24-22-40(30-47(44)64-10)29-36(5)46-32-43(56)35(4)28-38(7)49(58)50(65-11)48(57)37(6)27-33(2)18-14-13-15-19-34(3)45(63-9)31-41-23-21-39(8)54(62,68-41)51(59)52(60)55-25-17-16-20-42(55)53(61)67-46/h13-15,18-19,28,33,35-37,39-42,44-47,49-50,58,62H,12,16-17,20-27,29-32H2,1-11H3/b15-13+,18-14+,34-19+,38-28+/t33?,35?,36-,37?,39-,40+,41+,42+,44-,45?,46+,47-,49-,50+,54-/m1/s1. The van der Waals surface area contributed by atoms with E-state index in [1.54, 1.807) is 41.1 Å². The molecule has 14 nitrogen and oxygen atoms in total. The Morgan fingerprint density at radius 2 is 1.59 bits per heavy atom. The highest BCUT2D eigenvalue weighted by Crippen LogP contribution is 2.38. The van der Waals surface area contributed by atoms with Crippen LogP contribution in [0.3, 0.4) is 0 Å². The van der Waals surface area contributed by atoms with Gasteiger partial charge < -0.3 is 43.5 Å². The van der Waals surface area contributed by atoms with E-state index in [4.69, 9.17) is 28.4 Å². The molecule has 3 aliphatic heterocycles. The lowest BCUT2D eigenvalue weighted by Crippen LogP contribution is -2.61. The van der Waals surface area contributed by atoms with Gasteiger partial charge in [0.05, 0.1) is 24.4 Å². The van der Waals surface area contributed by atoms with E-state index in [0.717, 1.165) is 31.3 Å². The molecule has 1 saturated carbocycles. The molecule has 2 N–H and O–H groups in total. The minimum Gasteiger partial charge on any atom is -0.460 e. The van der Waals surface area contributed by atoms with Crippen LogP contribution in [-0.2, 0) is 52.4 Å². The van der Waals surface area contributed by atoms with E-state index < -0.39 is 77.8 Å². The largest absolute Gasteiger partial charge is 0.460 e. The van der Waals surface area contributed by atoms with E-state index in [1.165, 1.54) is 12.0 Å². The molecule has 0 radical (unpaired) electrons. The van der Waals surface area contributed by atoms with Gasteiger partial charge in [-0.2, -0.15) is 0 Å². The molecule has 3 heterocycles. The number of hydrogen-bond acceptors (Lipinski definition) is 13. The average Bonchev–Trinajstić information content (AvgIpc) is 3.32. The number of aliphatic hydroxyl groups is 2. The van der Waals surface area contributed by atoms with E-state index in [2.05, 4.69) is 6.92 Å². The number of piperidine rings is 1. The van der Waals surface area contributed by atoms with Crippen LogP contribution >= 0.6 is 0 Å². The van der Waals surface area contributed by atoms with Gasteiger partial charge in [-0.05, 0) is 113 Å². The van der Waals surface area contributed by atoms with E-state index >= 15 is 0 Å². The van der Waals surface area contributed by atoms with Crippen molar-refractivity contribution in [3.05, 3.63) is 47.6 Å². The van der Waals surface area contributed by atoms with Crippen molar-refractivity contribution in [3.63, 3.8) is 0 Å². The van der Waals surface area contributed by atoms with Crippen LogP contribution < -0.4 is 0 Å². The summed E-state index contributed by atoms with van der Waals surface area (Å²) in [5.74, 6) is -7.71. The zero-order chi connectivity index (χ0) is 50.3. The number of cyclic esters (lactones) is 1. The lowest BCUT2D eigenvalue weighted by Gasteiger charge is -2.42. The maximum Gasteiger partial charge on any atom is 0.329 e. The smallest absolute Gasteiger partial charge is 0.329 e. The van der Waals surface area contributed by atoms with Gasteiger partial charge in [0.25, 0.3) is 11.7 Å². The van der Waals surface area contributed by atoms with Crippen LogP contribution in [0, 0.1) is 35.5 Å². The maximum absolute atomic E-state index is 14.5. The van der Waals surface area contributed by atoms with Gasteiger partial charge in [-0.1, -0.05) is 78.0 Å². The number of methoxy groups -OCH3 is 3. The first kappa shape index (κ1) is 57.2. The van der Waals surface area contributed by atoms with Crippen molar-refractivity contribution in [2.75, 3.05) is 34.5 Å². The fraction of sp³-hybridized carbons (Fsp3) is 0.759. The van der Waals surface area contributed by atoms with Gasteiger partial charge in [-0.25, -0.2) is 4.79 Å². The van der Waals surface area contributed by atoms with Crippen LogP contribution in [0.15, 0.2) is 47.6 Å². The molecule has 4 aliphatic rings. The van der Waals surface area contributed by atoms with E-state index in [1.807, 2.05) is 58.1 Å². The zero-order valence-electron chi connectivity index (χ0n) is 43.0. The van der Waals surface area contributed by atoms with E-state index in [9.17, 15) is 34.2 Å². The van der Waals surface area contributed by atoms with Crippen LogP contribution in [0.5, 0.6) is 0 Å². The Bertz CT molecular complexity index is 1810. The first-order valence-corrected chi connectivity index (χ1v) is 25.4. The Kier molecular flexibility index (Phi) is 23.0. The number of ether oxygens (including phenoxy) is 6. The molecular weight excluding hydrogens is 871 g/mol. The summed E-state index contributed by atoms with van der Waals surface area (Å²) in [5.41, 5.74) is 1.29. The molecule has 0 aromatic carbocycles. The number of nitrogens with zero attached hydrogens (tertiary/aromatic N) is 1. The topological polar surface area (TPSA) is 184 Å². The van der Waals surface area contributed by atoms with Gasteiger partial charge in [0.2, 0.25) is 5.79 Å². The average molecular weight is 956 g/mol.